The van der Waals surface area contributed by atoms with E-state index in [4.69, 9.17) is 17.2 Å². The fourth-order valence-corrected chi connectivity index (χ4v) is 7.72. The highest BCUT2D eigenvalue weighted by Crippen LogP contribution is 2.21. The number of hydrogen-bond acceptors (Lipinski definition) is 10. The summed E-state index contributed by atoms with van der Waals surface area (Å²) in [4.78, 5) is 126. The molecule has 21 heteroatoms. The summed E-state index contributed by atoms with van der Waals surface area (Å²) < 4.78 is 0. The summed E-state index contributed by atoms with van der Waals surface area (Å²) in [5, 5.41) is 25.7. The van der Waals surface area contributed by atoms with E-state index in [0.29, 0.717) is 30.4 Å². The van der Waals surface area contributed by atoms with Crippen LogP contribution >= 0.6 is 0 Å². The van der Waals surface area contributed by atoms with Crippen LogP contribution in [-0.2, 0) is 56.0 Å². The highest BCUT2D eigenvalue weighted by Gasteiger charge is 2.40. The van der Waals surface area contributed by atoms with Gasteiger partial charge in [-0.15, -0.1) is 0 Å². The molecule has 0 radical (unpaired) electrons. The molecule has 2 aromatic rings. The molecule has 1 fully saturated rings. The molecule has 372 valence electrons. The number of hydrogen-bond donors (Lipinski definition) is 10. The molecule has 1 saturated heterocycles. The van der Waals surface area contributed by atoms with Crippen LogP contribution in [0, 0.1) is 11.8 Å². The number of amides is 8. The summed E-state index contributed by atoms with van der Waals surface area (Å²) in [7, 11) is 0. The van der Waals surface area contributed by atoms with Crippen molar-refractivity contribution in [1.82, 2.24) is 36.8 Å². The van der Waals surface area contributed by atoms with Crippen molar-refractivity contribution >= 4 is 59.2 Å². The van der Waals surface area contributed by atoms with Crippen molar-refractivity contribution in [3.63, 3.8) is 0 Å². The quantitative estimate of drug-likeness (QED) is 0.0324. The van der Waals surface area contributed by atoms with Crippen molar-refractivity contribution in [3.8, 4) is 0 Å². The third-order valence-corrected chi connectivity index (χ3v) is 11.6. The van der Waals surface area contributed by atoms with E-state index >= 15 is 0 Å². The fourth-order valence-electron chi connectivity index (χ4n) is 7.72. The van der Waals surface area contributed by atoms with Crippen LogP contribution in [0.2, 0.25) is 0 Å². The number of likely N-dealkylation sites (tertiary alicyclic amines) is 1. The Morgan fingerprint density at radius 3 is 1.76 bits per heavy atom. The van der Waals surface area contributed by atoms with Crippen molar-refractivity contribution < 1.29 is 48.3 Å². The van der Waals surface area contributed by atoms with E-state index < -0.39 is 108 Å². The van der Waals surface area contributed by atoms with Gasteiger partial charge in [-0.2, -0.15) is 0 Å². The summed E-state index contributed by atoms with van der Waals surface area (Å²) >= 11 is 0. The molecule has 3 rings (SSSR count). The van der Waals surface area contributed by atoms with Crippen molar-refractivity contribution in [3.05, 3.63) is 71.8 Å². The van der Waals surface area contributed by atoms with Crippen LogP contribution in [0.15, 0.2) is 65.7 Å². The lowest BCUT2D eigenvalue weighted by Crippen LogP contribution is -2.62. The standard InChI is InChI=1S/C47H69N11O10/c1-6-28(4)39(46(67)68)57-42(63)34(26-37(48)60)55-43(64)36-21-13-14-23-58(36)45(66)35(25-31-18-11-8-12-19-31)56-41(62)33(24-30-16-9-7-10-17-30)54-40(61)32(20-15-22-51-47(49)50)53-44(65)38(27(2)3)52-29(5)59/h7-12,16-19,27-28,32-36,38-39H,6,13-15,20-26H2,1-5H3,(H2,48,60)(H,52,59)(H,53,65)(H,54,61)(H,55,64)(H,56,62)(H,57,63)(H,67,68)(H4,49,50,51)/t28-,32-,33-,34-,35-,36-,38-,39-/m0/s1. The zero-order chi connectivity index (χ0) is 50.5. The second-order valence-corrected chi connectivity index (χ2v) is 17.4. The molecule has 0 spiro atoms. The van der Waals surface area contributed by atoms with Gasteiger partial charge in [0.25, 0.3) is 0 Å². The number of guanidine groups is 1. The lowest BCUT2D eigenvalue weighted by Gasteiger charge is -2.38. The Kier molecular flexibility index (Phi) is 22.4. The number of carbonyl (C=O) groups is 9. The summed E-state index contributed by atoms with van der Waals surface area (Å²) in [6.07, 6.45) is 1.10. The van der Waals surface area contributed by atoms with Gasteiger partial charge in [0.05, 0.1) is 6.42 Å². The first-order valence-corrected chi connectivity index (χ1v) is 23.0. The average molecular weight is 948 g/mol. The van der Waals surface area contributed by atoms with Crippen LogP contribution in [-0.4, -0.2) is 125 Å². The van der Waals surface area contributed by atoms with E-state index in [1.807, 2.05) is 0 Å². The minimum Gasteiger partial charge on any atom is -0.480 e. The Morgan fingerprint density at radius 2 is 1.24 bits per heavy atom. The van der Waals surface area contributed by atoms with E-state index in [9.17, 15) is 48.3 Å². The summed E-state index contributed by atoms with van der Waals surface area (Å²) in [5.74, 6) is -8.22. The van der Waals surface area contributed by atoms with E-state index in [1.165, 1.54) is 11.8 Å². The third kappa shape index (κ3) is 18.0. The number of carboxylic acid groups (broad SMARTS) is 1. The number of piperidine rings is 1. The number of nitrogens with zero attached hydrogens (tertiary/aromatic N) is 2. The number of benzene rings is 2. The van der Waals surface area contributed by atoms with Gasteiger partial charge in [0.1, 0.15) is 42.3 Å². The molecule has 0 bridgehead atoms. The lowest BCUT2D eigenvalue weighted by atomic mass is 9.96. The Balaban J connectivity index is 1.99. The van der Waals surface area contributed by atoms with E-state index in [1.54, 1.807) is 88.4 Å². The van der Waals surface area contributed by atoms with Crippen LogP contribution < -0.4 is 49.1 Å². The largest absolute Gasteiger partial charge is 0.480 e. The number of nitrogens with one attached hydrogen (secondary N) is 6. The lowest BCUT2D eigenvalue weighted by molar-refractivity contribution is -0.146. The van der Waals surface area contributed by atoms with Gasteiger partial charge in [-0.3, -0.25) is 43.3 Å². The number of aliphatic carboxylic acids is 1. The zero-order valence-corrected chi connectivity index (χ0v) is 39.5. The molecule has 2 aromatic carbocycles. The highest BCUT2D eigenvalue weighted by atomic mass is 16.4. The fraction of sp³-hybridized carbons (Fsp3) is 0.532. The predicted octanol–water partition coefficient (Wildman–Crippen LogP) is -0.503. The van der Waals surface area contributed by atoms with Crippen molar-refractivity contribution in [2.75, 3.05) is 13.1 Å². The first kappa shape index (κ1) is 55.3. The number of primary amides is 1. The van der Waals surface area contributed by atoms with Crippen LogP contribution in [0.4, 0.5) is 0 Å². The molecule has 0 saturated carbocycles. The number of aliphatic imine (C=N–C) groups is 1. The number of nitrogens with two attached hydrogens (primary N) is 3. The normalized spacial score (nSPS) is 16.5. The van der Waals surface area contributed by atoms with Crippen LogP contribution in [0.25, 0.3) is 0 Å². The third-order valence-electron chi connectivity index (χ3n) is 11.6. The summed E-state index contributed by atoms with van der Waals surface area (Å²) in [6, 6.07) is 8.72. The highest BCUT2D eigenvalue weighted by molar-refractivity contribution is 5.98. The van der Waals surface area contributed by atoms with Crippen LogP contribution in [0.1, 0.15) is 90.7 Å². The monoisotopic (exact) mass is 948 g/mol. The molecule has 0 aromatic heterocycles. The van der Waals surface area contributed by atoms with Crippen LogP contribution in [0.5, 0.6) is 0 Å². The Hall–Kier alpha value is -7.06. The van der Waals surface area contributed by atoms with Gasteiger partial charge in [0.15, 0.2) is 5.96 Å². The molecule has 1 aliphatic rings. The zero-order valence-electron chi connectivity index (χ0n) is 39.5. The van der Waals surface area contributed by atoms with Crippen molar-refractivity contribution in [1.29, 1.82) is 0 Å². The molecule has 13 N–H and O–H groups in total. The maximum absolute atomic E-state index is 14.8. The molecule has 1 heterocycles. The molecule has 8 amide bonds. The number of carbonyl (C=O) groups excluding carboxylic acids is 8. The van der Waals surface area contributed by atoms with Gasteiger partial charge >= 0.3 is 5.97 Å². The molecule has 0 aliphatic carbocycles. The summed E-state index contributed by atoms with van der Waals surface area (Å²) in [5.41, 5.74) is 17.8. The van der Waals surface area contributed by atoms with Gasteiger partial charge in [-0.1, -0.05) is 94.8 Å². The molecular weight excluding hydrogens is 879 g/mol. The number of rotatable bonds is 26. The minimum absolute atomic E-state index is 0.0341. The van der Waals surface area contributed by atoms with Gasteiger partial charge in [0.2, 0.25) is 47.3 Å². The molecule has 68 heavy (non-hydrogen) atoms. The minimum atomic E-state index is -1.56. The van der Waals surface area contributed by atoms with Gasteiger partial charge in [0, 0.05) is 32.9 Å². The van der Waals surface area contributed by atoms with Crippen molar-refractivity contribution in [2.24, 2.45) is 34.0 Å². The first-order valence-electron chi connectivity index (χ1n) is 23.0. The Morgan fingerprint density at radius 1 is 0.691 bits per heavy atom. The second-order valence-electron chi connectivity index (χ2n) is 17.4. The molecule has 1 aliphatic heterocycles. The van der Waals surface area contributed by atoms with E-state index in [0.717, 1.165) is 0 Å². The topological polar surface area (TPSA) is 340 Å². The van der Waals surface area contributed by atoms with Gasteiger partial charge in [-0.25, -0.2) is 4.79 Å². The van der Waals surface area contributed by atoms with Crippen LogP contribution in [0.3, 0.4) is 0 Å². The van der Waals surface area contributed by atoms with E-state index in [2.05, 4.69) is 36.9 Å². The average Bonchev–Trinajstić information content (AvgIpc) is 3.29. The molecule has 0 unspecified atom stereocenters. The number of carboxylic acids is 1. The SMILES string of the molecule is CC[C@H](C)[C@H](NC(=O)[C@H](CC(N)=O)NC(=O)[C@@H]1CCCCN1C(=O)[C@H](Cc1ccccc1)NC(=O)[C@H](Cc1ccccc1)NC(=O)[C@H](CCCN=C(N)N)NC(=O)[C@@H](NC(C)=O)C(C)C)C(=O)O. The smallest absolute Gasteiger partial charge is 0.326 e. The molecular formula is C47H69N11O10. The maximum Gasteiger partial charge on any atom is 0.326 e. The molecule has 8 atom stereocenters. The van der Waals surface area contributed by atoms with Gasteiger partial charge in [-0.05, 0) is 55.1 Å². The molecule has 21 nitrogen and oxygen atoms in total. The van der Waals surface area contributed by atoms with Gasteiger partial charge < -0.3 is 59.1 Å². The predicted molar refractivity (Wildman–Crippen MR) is 253 cm³/mol. The van der Waals surface area contributed by atoms with Crippen molar-refractivity contribution in [2.45, 2.75) is 135 Å². The maximum atomic E-state index is 14.8. The Bertz CT molecular complexity index is 2080. The summed E-state index contributed by atoms with van der Waals surface area (Å²) in [6.45, 7) is 8.31. The second kappa shape index (κ2) is 27.5. The first-order chi connectivity index (χ1) is 32.2. The van der Waals surface area contributed by atoms with E-state index in [-0.39, 0.29) is 57.1 Å². The Labute approximate surface area is 396 Å².